The van der Waals surface area contributed by atoms with E-state index in [1.165, 1.54) is 0 Å². The van der Waals surface area contributed by atoms with Crippen LogP contribution in [0.15, 0.2) is 60.7 Å². The van der Waals surface area contributed by atoms with Crippen molar-refractivity contribution in [3.63, 3.8) is 0 Å². The first-order chi connectivity index (χ1) is 20.3. The molecular formula is C33H36N6O3. The molecule has 0 aliphatic carbocycles. The van der Waals surface area contributed by atoms with E-state index in [9.17, 15) is 20.0 Å². The maximum Gasteiger partial charge on any atom is 0.326 e. The van der Waals surface area contributed by atoms with Gasteiger partial charge in [-0.3, -0.25) is 4.79 Å². The second-order valence-corrected chi connectivity index (χ2v) is 10.9. The van der Waals surface area contributed by atoms with Crippen molar-refractivity contribution in [1.29, 1.82) is 5.26 Å². The molecular weight excluding hydrogens is 528 g/mol. The fourth-order valence-corrected chi connectivity index (χ4v) is 5.71. The van der Waals surface area contributed by atoms with E-state index >= 15 is 0 Å². The number of aliphatic carboxylic acids is 1. The number of anilines is 2. The number of hydrogen-bond acceptors (Lipinski definition) is 6. The van der Waals surface area contributed by atoms with Crippen LogP contribution >= 0.6 is 0 Å². The Morgan fingerprint density at radius 2 is 1.88 bits per heavy atom. The molecule has 1 aliphatic rings. The van der Waals surface area contributed by atoms with Gasteiger partial charge in [0.15, 0.2) is 0 Å². The molecule has 1 unspecified atom stereocenters. The highest BCUT2D eigenvalue weighted by molar-refractivity contribution is 5.99. The van der Waals surface area contributed by atoms with Crippen molar-refractivity contribution in [1.82, 2.24) is 15.3 Å². The lowest BCUT2D eigenvalue weighted by atomic mass is 9.95. The minimum atomic E-state index is -1.09. The zero-order valence-corrected chi connectivity index (χ0v) is 24.0. The van der Waals surface area contributed by atoms with Crippen LogP contribution in [0, 0.1) is 24.2 Å². The fourth-order valence-electron chi connectivity index (χ4n) is 5.71. The summed E-state index contributed by atoms with van der Waals surface area (Å²) in [5.74, 6) is -0.157. The van der Waals surface area contributed by atoms with Crippen LogP contribution in [0.2, 0.25) is 0 Å². The molecule has 1 atom stereocenters. The molecule has 9 heteroatoms. The number of piperidine rings is 1. The largest absolute Gasteiger partial charge is 0.480 e. The topological polar surface area (TPSA) is 134 Å². The Kier molecular flexibility index (Phi) is 8.72. The summed E-state index contributed by atoms with van der Waals surface area (Å²) in [4.78, 5) is 35.5. The molecule has 4 aromatic rings. The van der Waals surface area contributed by atoms with Crippen molar-refractivity contribution in [2.45, 2.75) is 45.6 Å². The Balaban J connectivity index is 1.15. The third kappa shape index (κ3) is 6.55. The fraction of sp³-hybridized carbons (Fsp3) is 0.333. The molecule has 1 fully saturated rings. The third-order valence-electron chi connectivity index (χ3n) is 8.06. The highest BCUT2D eigenvalue weighted by atomic mass is 16.4. The van der Waals surface area contributed by atoms with E-state index < -0.39 is 17.9 Å². The Bertz CT molecular complexity index is 1580. The van der Waals surface area contributed by atoms with Crippen molar-refractivity contribution in [3.8, 4) is 6.07 Å². The monoisotopic (exact) mass is 564 g/mol. The third-order valence-corrected chi connectivity index (χ3v) is 8.06. The molecule has 42 heavy (non-hydrogen) atoms. The molecule has 0 saturated carbocycles. The lowest BCUT2D eigenvalue weighted by Crippen LogP contribution is -2.42. The van der Waals surface area contributed by atoms with Gasteiger partial charge >= 0.3 is 5.97 Å². The van der Waals surface area contributed by atoms with Crippen LogP contribution in [0.5, 0.6) is 0 Å². The number of carboxylic acids is 1. The number of aromatic nitrogens is 2. The molecule has 1 saturated heterocycles. The minimum Gasteiger partial charge on any atom is -0.480 e. The number of nitrogens with zero attached hydrogens (tertiary/aromatic N) is 3. The first-order valence-electron chi connectivity index (χ1n) is 14.4. The van der Waals surface area contributed by atoms with Crippen molar-refractivity contribution in [3.05, 3.63) is 88.5 Å². The molecule has 2 heterocycles. The lowest BCUT2D eigenvalue weighted by molar-refractivity contribution is -0.139. The molecule has 5 rings (SSSR count). The summed E-state index contributed by atoms with van der Waals surface area (Å²) in [6, 6.07) is 20.3. The van der Waals surface area contributed by atoms with Crippen LogP contribution in [0.25, 0.3) is 11.0 Å². The number of amides is 1. The van der Waals surface area contributed by atoms with Crippen molar-refractivity contribution < 1.29 is 14.7 Å². The summed E-state index contributed by atoms with van der Waals surface area (Å²) in [5.41, 5.74) is 6.25. The number of carboxylic acid groups (broad SMARTS) is 1. The van der Waals surface area contributed by atoms with E-state index in [0.29, 0.717) is 29.0 Å². The number of aromatic amines is 1. The van der Waals surface area contributed by atoms with Crippen LogP contribution in [-0.4, -0.2) is 52.6 Å². The number of fused-ring (bicyclic) bond motifs is 1. The number of hydrogen-bond donors (Lipinski definition) is 4. The predicted molar refractivity (Wildman–Crippen MR) is 164 cm³/mol. The zero-order valence-electron chi connectivity index (χ0n) is 24.0. The number of H-pyrrole nitrogens is 1. The molecule has 0 radical (unpaired) electrons. The van der Waals surface area contributed by atoms with Gasteiger partial charge in [-0.05, 0) is 85.2 Å². The van der Waals surface area contributed by atoms with E-state index in [0.717, 1.165) is 66.3 Å². The molecule has 1 aliphatic heterocycles. The average Bonchev–Trinajstić information content (AvgIpc) is 3.43. The highest BCUT2D eigenvalue weighted by Gasteiger charge is 2.24. The Morgan fingerprint density at radius 3 is 2.55 bits per heavy atom. The second-order valence-electron chi connectivity index (χ2n) is 10.9. The molecule has 1 amide bonds. The van der Waals surface area contributed by atoms with E-state index in [2.05, 4.69) is 31.6 Å². The molecule has 0 bridgehead atoms. The number of imidazole rings is 1. The minimum absolute atomic E-state index is 0.174. The highest BCUT2D eigenvalue weighted by Crippen LogP contribution is 2.25. The molecule has 0 spiro atoms. The van der Waals surface area contributed by atoms with Gasteiger partial charge in [0, 0.05) is 37.3 Å². The van der Waals surface area contributed by atoms with Crippen LogP contribution in [-0.2, 0) is 17.6 Å². The summed E-state index contributed by atoms with van der Waals surface area (Å²) >= 11 is 0. The number of nitriles is 1. The number of carbonyl (C=O) groups is 2. The van der Waals surface area contributed by atoms with Gasteiger partial charge in [0.25, 0.3) is 5.91 Å². The van der Waals surface area contributed by atoms with E-state index in [1.807, 2.05) is 55.5 Å². The van der Waals surface area contributed by atoms with Crippen molar-refractivity contribution >= 4 is 34.5 Å². The number of carbonyl (C=O) groups excluding carboxylic acids is 1. The van der Waals surface area contributed by atoms with Gasteiger partial charge in [-0.25, -0.2) is 9.78 Å². The van der Waals surface area contributed by atoms with Crippen LogP contribution in [0.1, 0.15) is 52.4 Å². The van der Waals surface area contributed by atoms with Crippen molar-refractivity contribution in [2.75, 3.05) is 29.9 Å². The maximum atomic E-state index is 13.1. The Hall–Kier alpha value is -4.84. The summed E-state index contributed by atoms with van der Waals surface area (Å²) < 4.78 is 0. The molecule has 9 nitrogen and oxygen atoms in total. The van der Waals surface area contributed by atoms with E-state index in [-0.39, 0.29) is 6.42 Å². The van der Waals surface area contributed by atoms with Crippen LogP contribution in [0.4, 0.5) is 11.6 Å². The van der Waals surface area contributed by atoms with Gasteiger partial charge in [0.05, 0.1) is 22.7 Å². The number of benzene rings is 3. The summed E-state index contributed by atoms with van der Waals surface area (Å²) in [6.07, 6.45) is 2.87. The first-order valence-corrected chi connectivity index (χ1v) is 14.4. The van der Waals surface area contributed by atoms with Gasteiger partial charge in [-0.1, -0.05) is 31.2 Å². The van der Waals surface area contributed by atoms with Crippen molar-refractivity contribution in [2.24, 2.45) is 5.92 Å². The number of nitrogens with one attached hydrogen (secondary N) is 3. The number of rotatable bonds is 10. The van der Waals surface area contributed by atoms with Gasteiger partial charge in [-0.15, -0.1) is 0 Å². The quantitative estimate of drug-likeness (QED) is 0.212. The Morgan fingerprint density at radius 1 is 1.14 bits per heavy atom. The molecule has 1 aromatic heterocycles. The van der Waals surface area contributed by atoms with Gasteiger partial charge in [0.1, 0.15) is 6.04 Å². The molecule has 216 valence electrons. The van der Waals surface area contributed by atoms with Gasteiger partial charge < -0.3 is 25.6 Å². The van der Waals surface area contributed by atoms with Gasteiger partial charge in [0.2, 0.25) is 5.95 Å². The van der Waals surface area contributed by atoms with E-state index in [4.69, 9.17) is 0 Å². The molecule has 3 aromatic carbocycles. The summed E-state index contributed by atoms with van der Waals surface area (Å²) in [6.45, 7) is 6.44. The normalized spacial score (nSPS) is 14.4. The summed E-state index contributed by atoms with van der Waals surface area (Å²) in [5, 5.41) is 25.3. The molecule has 4 N–H and O–H groups in total. The average molecular weight is 565 g/mol. The predicted octanol–water partition coefficient (Wildman–Crippen LogP) is 5.06. The smallest absolute Gasteiger partial charge is 0.326 e. The standard InChI is InChI=1S/C33H36N6O3/c1-3-25-17-24(19-34)16-21(2)30(25)31(40)36-29(32(41)42)18-22-8-10-26(11-9-22)39-14-12-23(13-15-39)20-35-33-37-27-6-4-5-7-28(27)38-33/h4-11,16-17,23,29H,3,12-15,18,20H2,1-2H3,(H,36,40)(H,41,42)(H2,35,37,38). The Labute approximate surface area is 245 Å². The maximum absolute atomic E-state index is 13.1. The summed E-state index contributed by atoms with van der Waals surface area (Å²) in [7, 11) is 0. The number of para-hydroxylation sites is 2. The first kappa shape index (κ1) is 28.7. The van der Waals surface area contributed by atoms with Crippen LogP contribution in [0.3, 0.4) is 0 Å². The number of aryl methyl sites for hydroxylation is 2. The zero-order chi connectivity index (χ0) is 29.6. The van der Waals surface area contributed by atoms with Crippen LogP contribution < -0.4 is 15.5 Å². The SMILES string of the molecule is CCc1cc(C#N)cc(C)c1C(=O)NC(Cc1ccc(N2CCC(CNc3nc4ccccc4[nH]3)CC2)cc1)C(=O)O. The van der Waals surface area contributed by atoms with Gasteiger partial charge in [-0.2, -0.15) is 5.26 Å². The van der Waals surface area contributed by atoms with E-state index in [1.54, 1.807) is 19.1 Å². The second kappa shape index (κ2) is 12.8. The lowest BCUT2D eigenvalue weighted by Gasteiger charge is -2.33.